The highest BCUT2D eigenvalue weighted by Gasteiger charge is 2.20. The molecule has 0 unspecified atom stereocenters. The van der Waals surface area contributed by atoms with Gasteiger partial charge in [0.2, 0.25) is 0 Å². The molecule has 0 aliphatic rings. The molecule has 0 aliphatic heterocycles. The van der Waals surface area contributed by atoms with Crippen molar-refractivity contribution in [1.82, 2.24) is 9.78 Å². The third-order valence-electron chi connectivity index (χ3n) is 3.86. The number of nitrogens with one attached hydrogen (secondary N) is 1. The number of rotatable bonds is 5. The lowest BCUT2D eigenvalue weighted by Crippen LogP contribution is -2.15. The molecule has 0 saturated carbocycles. The molecule has 8 heteroatoms. The average Bonchev–Trinajstić information content (AvgIpc) is 2.83. The number of phenolic OH excluding ortho intramolecular Hbond substituents is 1. The topological polar surface area (TPSA) is 101 Å². The maximum atomic E-state index is 12.5. The Morgan fingerprint density at radius 3 is 2.50 bits per heavy atom. The third kappa shape index (κ3) is 3.28. The van der Waals surface area contributed by atoms with E-state index in [0.29, 0.717) is 23.5 Å². The molecule has 0 spiro atoms. The number of carbonyl (C=O) groups is 1. The van der Waals surface area contributed by atoms with Crippen LogP contribution in [0.1, 0.15) is 35.6 Å². The fourth-order valence-electron chi connectivity index (χ4n) is 2.49. The molecule has 0 atom stereocenters. The first kappa shape index (κ1) is 18.0. The fourth-order valence-corrected chi connectivity index (χ4v) is 3.40. The van der Waals surface area contributed by atoms with Crippen LogP contribution < -0.4 is 5.32 Å². The van der Waals surface area contributed by atoms with Gasteiger partial charge >= 0.3 is 0 Å². The number of aromatic hydroxyl groups is 1. The van der Waals surface area contributed by atoms with Gasteiger partial charge in [0, 0.05) is 12.2 Å². The monoisotopic (exact) mass is 351 g/mol. The van der Waals surface area contributed by atoms with Gasteiger partial charge in [-0.1, -0.05) is 6.92 Å². The van der Waals surface area contributed by atoms with E-state index in [1.165, 1.54) is 25.1 Å². The van der Waals surface area contributed by atoms with Crippen molar-refractivity contribution < 1.29 is 18.3 Å². The Morgan fingerprint density at radius 2 is 1.96 bits per heavy atom. The van der Waals surface area contributed by atoms with E-state index in [-0.39, 0.29) is 22.1 Å². The zero-order valence-corrected chi connectivity index (χ0v) is 14.9. The second-order valence-corrected chi connectivity index (χ2v) is 7.68. The lowest BCUT2D eigenvalue weighted by molar-refractivity contribution is 0.102. The third-order valence-corrected chi connectivity index (χ3v) is 5.60. The molecule has 1 amide bonds. The summed E-state index contributed by atoms with van der Waals surface area (Å²) >= 11 is 0. The molecular formula is C16H21N3O4S. The van der Waals surface area contributed by atoms with Crippen LogP contribution in [0.15, 0.2) is 23.1 Å². The van der Waals surface area contributed by atoms with Crippen LogP contribution >= 0.6 is 0 Å². The van der Waals surface area contributed by atoms with E-state index in [1.54, 1.807) is 18.5 Å². The average molecular weight is 351 g/mol. The van der Waals surface area contributed by atoms with Gasteiger partial charge in [-0.2, -0.15) is 5.10 Å². The van der Waals surface area contributed by atoms with E-state index >= 15 is 0 Å². The van der Waals surface area contributed by atoms with Crippen LogP contribution in [0.25, 0.3) is 0 Å². The molecular weight excluding hydrogens is 330 g/mol. The largest absolute Gasteiger partial charge is 0.506 e. The number of hydrogen-bond donors (Lipinski definition) is 2. The Morgan fingerprint density at radius 1 is 1.29 bits per heavy atom. The quantitative estimate of drug-likeness (QED) is 0.805. The lowest BCUT2D eigenvalue weighted by atomic mass is 10.1. The minimum absolute atomic E-state index is 0.0517. The van der Waals surface area contributed by atoms with Crippen LogP contribution in [0.3, 0.4) is 0 Å². The maximum Gasteiger partial charge on any atom is 0.259 e. The summed E-state index contributed by atoms with van der Waals surface area (Å²) in [6, 6.07) is 3.84. The molecule has 0 radical (unpaired) electrons. The van der Waals surface area contributed by atoms with Crippen molar-refractivity contribution >= 4 is 21.4 Å². The van der Waals surface area contributed by atoms with Crippen molar-refractivity contribution in [3.8, 4) is 5.75 Å². The minimum atomic E-state index is -3.43. The second-order valence-electron chi connectivity index (χ2n) is 5.40. The standard InChI is InChI=1S/C16H21N3O4S/c1-5-19-11(4)15(10(3)18-19)16(21)17-13-9-12(7-8-14(13)20)24(22,23)6-2/h7-9,20H,5-6H2,1-4H3,(H,17,21). The Hall–Kier alpha value is -2.35. The molecule has 7 nitrogen and oxygen atoms in total. The van der Waals surface area contributed by atoms with Crippen LogP contribution in [-0.2, 0) is 16.4 Å². The Balaban J connectivity index is 2.40. The molecule has 1 aromatic carbocycles. The minimum Gasteiger partial charge on any atom is -0.506 e. The van der Waals surface area contributed by atoms with E-state index in [9.17, 15) is 18.3 Å². The summed E-state index contributed by atoms with van der Waals surface area (Å²) in [6.45, 7) is 7.61. The van der Waals surface area contributed by atoms with Gasteiger partial charge in [-0.3, -0.25) is 9.48 Å². The number of phenols is 1. The van der Waals surface area contributed by atoms with Gasteiger partial charge in [0.1, 0.15) is 5.75 Å². The second kappa shape index (κ2) is 6.64. The van der Waals surface area contributed by atoms with Crippen molar-refractivity contribution in [2.45, 2.75) is 39.1 Å². The molecule has 2 rings (SSSR count). The SMILES string of the molecule is CCn1nc(C)c(C(=O)Nc2cc(S(=O)(=O)CC)ccc2O)c1C. The number of carbonyl (C=O) groups excluding carboxylic acids is 1. The lowest BCUT2D eigenvalue weighted by Gasteiger charge is -2.10. The summed E-state index contributed by atoms with van der Waals surface area (Å²) in [5, 5.41) is 16.8. The fraction of sp³-hybridized carbons (Fsp3) is 0.375. The zero-order valence-electron chi connectivity index (χ0n) is 14.1. The number of aromatic nitrogens is 2. The first-order valence-corrected chi connectivity index (χ1v) is 9.27. The van der Waals surface area contributed by atoms with Crippen molar-refractivity contribution in [2.75, 3.05) is 11.1 Å². The van der Waals surface area contributed by atoms with E-state index < -0.39 is 15.7 Å². The van der Waals surface area contributed by atoms with Crippen molar-refractivity contribution in [3.63, 3.8) is 0 Å². The highest BCUT2D eigenvalue weighted by atomic mass is 32.2. The normalized spacial score (nSPS) is 11.5. The molecule has 0 fully saturated rings. The Labute approximate surface area is 141 Å². The van der Waals surface area contributed by atoms with E-state index in [1.807, 2.05) is 6.92 Å². The van der Waals surface area contributed by atoms with Crippen LogP contribution in [-0.4, -0.2) is 35.0 Å². The summed E-state index contributed by atoms with van der Waals surface area (Å²) in [4.78, 5) is 12.6. The Kier molecular flexibility index (Phi) is 4.98. The predicted molar refractivity (Wildman–Crippen MR) is 91.2 cm³/mol. The number of nitrogens with zero attached hydrogens (tertiary/aromatic N) is 2. The van der Waals surface area contributed by atoms with Crippen LogP contribution in [0.4, 0.5) is 5.69 Å². The van der Waals surface area contributed by atoms with Gasteiger partial charge < -0.3 is 10.4 Å². The molecule has 0 saturated heterocycles. The van der Waals surface area contributed by atoms with Gasteiger partial charge in [0.25, 0.3) is 5.91 Å². The number of hydrogen-bond acceptors (Lipinski definition) is 5. The molecule has 0 aliphatic carbocycles. The van der Waals surface area contributed by atoms with Gasteiger partial charge in [-0.15, -0.1) is 0 Å². The summed E-state index contributed by atoms with van der Waals surface area (Å²) in [5.41, 5.74) is 1.76. The smallest absolute Gasteiger partial charge is 0.259 e. The summed E-state index contributed by atoms with van der Waals surface area (Å²) < 4.78 is 25.6. The predicted octanol–water partition coefficient (Wildman–Crippen LogP) is 2.27. The molecule has 0 bridgehead atoms. The van der Waals surface area contributed by atoms with Gasteiger partial charge in [-0.05, 0) is 39.0 Å². The van der Waals surface area contributed by atoms with Crippen LogP contribution in [0, 0.1) is 13.8 Å². The highest BCUT2D eigenvalue weighted by molar-refractivity contribution is 7.91. The zero-order chi connectivity index (χ0) is 18.1. The highest BCUT2D eigenvalue weighted by Crippen LogP contribution is 2.28. The van der Waals surface area contributed by atoms with Crippen LogP contribution in [0.5, 0.6) is 5.75 Å². The van der Waals surface area contributed by atoms with E-state index in [2.05, 4.69) is 10.4 Å². The summed E-state index contributed by atoms with van der Waals surface area (Å²) in [6.07, 6.45) is 0. The number of amides is 1. The van der Waals surface area contributed by atoms with Gasteiger partial charge in [0.05, 0.1) is 27.6 Å². The molecule has 130 valence electrons. The number of sulfone groups is 1. The van der Waals surface area contributed by atoms with E-state index in [0.717, 1.165) is 0 Å². The first-order chi connectivity index (χ1) is 11.2. The number of anilines is 1. The number of benzene rings is 1. The van der Waals surface area contributed by atoms with Crippen molar-refractivity contribution in [2.24, 2.45) is 0 Å². The molecule has 1 aromatic heterocycles. The number of aryl methyl sites for hydroxylation is 2. The summed E-state index contributed by atoms with van der Waals surface area (Å²) in [5.74, 6) is -0.699. The van der Waals surface area contributed by atoms with E-state index in [4.69, 9.17) is 0 Å². The molecule has 2 N–H and O–H groups in total. The van der Waals surface area contributed by atoms with Crippen molar-refractivity contribution in [1.29, 1.82) is 0 Å². The molecule has 2 aromatic rings. The molecule has 24 heavy (non-hydrogen) atoms. The van der Waals surface area contributed by atoms with Gasteiger partial charge in [-0.25, -0.2) is 8.42 Å². The first-order valence-electron chi connectivity index (χ1n) is 7.62. The summed E-state index contributed by atoms with van der Waals surface area (Å²) in [7, 11) is -3.43. The van der Waals surface area contributed by atoms with Crippen molar-refractivity contribution in [3.05, 3.63) is 35.2 Å². The maximum absolute atomic E-state index is 12.5. The van der Waals surface area contributed by atoms with Gasteiger partial charge in [0.15, 0.2) is 9.84 Å². The molecule has 1 heterocycles. The van der Waals surface area contributed by atoms with Crippen LogP contribution in [0.2, 0.25) is 0 Å². The Bertz CT molecular complexity index is 885.